The minimum atomic E-state index is 0.454. The fraction of sp³-hybridized carbons (Fsp3) is 0.308. The Morgan fingerprint density at radius 2 is 1.38 bits per heavy atom. The Balaban J connectivity index is 0.000000138. The second kappa shape index (κ2) is 5.97. The first-order chi connectivity index (χ1) is 7.86. The first kappa shape index (κ1) is 11.6. The van der Waals surface area contributed by atoms with E-state index in [-0.39, 0.29) is 0 Å². The third-order valence-corrected chi connectivity index (χ3v) is 4.38. The summed E-state index contributed by atoms with van der Waals surface area (Å²) in [6, 6.07) is 8.46. The van der Waals surface area contributed by atoms with Crippen molar-refractivity contribution in [1.82, 2.24) is 0 Å². The molecule has 1 saturated carbocycles. The molecule has 0 aromatic carbocycles. The van der Waals surface area contributed by atoms with Crippen molar-refractivity contribution in [2.45, 2.75) is 25.7 Å². The summed E-state index contributed by atoms with van der Waals surface area (Å²) in [6.07, 6.45) is 3.97. The molecule has 1 fully saturated rings. The second-order valence-corrected chi connectivity index (χ2v) is 5.60. The Labute approximate surface area is 104 Å². The zero-order chi connectivity index (χ0) is 11.2. The molecule has 2 aromatic heterocycles. The quantitative estimate of drug-likeness (QED) is 0.722. The molecule has 0 N–H and O–H groups in total. The summed E-state index contributed by atoms with van der Waals surface area (Å²) < 4.78 is 0. The van der Waals surface area contributed by atoms with Gasteiger partial charge in [0.15, 0.2) is 0 Å². The number of hydrogen-bond donors (Lipinski definition) is 0. The van der Waals surface area contributed by atoms with E-state index in [9.17, 15) is 4.79 Å². The van der Waals surface area contributed by atoms with Gasteiger partial charge in [-0.3, -0.25) is 4.79 Å². The van der Waals surface area contributed by atoms with Gasteiger partial charge >= 0.3 is 0 Å². The fourth-order valence-corrected chi connectivity index (χ4v) is 3.19. The van der Waals surface area contributed by atoms with E-state index in [0.29, 0.717) is 5.78 Å². The molecule has 3 rings (SSSR count). The summed E-state index contributed by atoms with van der Waals surface area (Å²) in [5, 5.41) is 4.21. The molecule has 2 aromatic rings. The van der Waals surface area contributed by atoms with Crippen LogP contribution in [0.3, 0.4) is 0 Å². The van der Waals surface area contributed by atoms with Gasteiger partial charge in [-0.05, 0) is 35.7 Å². The van der Waals surface area contributed by atoms with Gasteiger partial charge in [-0.25, -0.2) is 0 Å². The smallest absolute Gasteiger partial charge is 0.132 e. The number of carbonyl (C=O) groups is 1. The van der Waals surface area contributed by atoms with Gasteiger partial charge in [-0.1, -0.05) is 12.1 Å². The van der Waals surface area contributed by atoms with Crippen LogP contribution in [0.25, 0.3) is 9.75 Å². The maximum atomic E-state index is 10.2. The Kier molecular flexibility index (Phi) is 4.31. The zero-order valence-electron chi connectivity index (χ0n) is 9.02. The average molecular weight is 250 g/mol. The highest BCUT2D eigenvalue weighted by Gasteiger charge is 2.07. The van der Waals surface area contributed by atoms with Crippen LogP contribution in [0.4, 0.5) is 0 Å². The Bertz CT molecular complexity index is 374. The van der Waals surface area contributed by atoms with E-state index >= 15 is 0 Å². The molecule has 0 aliphatic heterocycles. The highest BCUT2D eigenvalue weighted by molar-refractivity contribution is 7.20. The summed E-state index contributed by atoms with van der Waals surface area (Å²) in [6.45, 7) is 0. The fourth-order valence-electron chi connectivity index (χ4n) is 1.61. The van der Waals surface area contributed by atoms with Crippen LogP contribution in [-0.4, -0.2) is 5.78 Å². The predicted molar refractivity (Wildman–Crippen MR) is 71.1 cm³/mol. The second-order valence-electron chi connectivity index (χ2n) is 3.70. The van der Waals surface area contributed by atoms with Crippen LogP contribution >= 0.6 is 22.7 Å². The van der Waals surface area contributed by atoms with Gasteiger partial charge in [-0.2, -0.15) is 0 Å². The van der Waals surface area contributed by atoms with Crippen molar-refractivity contribution < 1.29 is 4.79 Å². The van der Waals surface area contributed by atoms with Crippen molar-refractivity contribution in [3.63, 3.8) is 0 Å². The number of thiophene rings is 2. The molecule has 0 bridgehead atoms. The number of ketones is 1. The molecular formula is C13H14OS2. The van der Waals surface area contributed by atoms with Crippen molar-refractivity contribution in [3.05, 3.63) is 35.0 Å². The minimum absolute atomic E-state index is 0.454. The third-order valence-electron chi connectivity index (χ3n) is 2.45. The topological polar surface area (TPSA) is 17.1 Å². The molecule has 0 unspecified atom stereocenters. The maximum Gasteiger partial charge on any atom is 0.132 e. The van der Waals surface area contributed by atoms with Crippen molar-refractivity contribution in [1.29, 1.82) is 0 Å². The van der Waals surface area contributed by atoms with E-state index in [1.54, 1.807) is 22.7 Å². The highest BCUT2D eigenvalue weighted by atomic mass is 32.1. The Morgan fingerprint density at radius 1 is 0.875 bits per heavy atom. The Hall–Kier alpha value is -0.930. The molecular weight excluding hydrogens is 236 g/mol. The lowest BCUT2D eigenvalue weighted by Crippen LogP contribution is -1.81. The number of rotatable bonds is 1. The lowest BCUT2D eigenvalue weighted by molar-refractivity contribution is -0.117. The van der Waals surface area contributed by atoms with Gasteiger partial charge in [0.1, 0.15) is 5.78 Å². The van der Waals surface area contributed by atoms with Crippen LogP contribution in [0, 0.1) is 0 Å². The van der Waals surface area contributed by atoms with Gasteiger partial charge in [0.2, 0.25) is 0 Å². The summed E-state index contributed by atoms with van der Waals surface area (Å²) in [4.78, 5) is 13.0. The van der Waals surface area contributed by atoms with Crippen LogP contribution in [0.15, 0.2) is 35.0 Å². The largest absolute Gasteiger partial charge is 0.300 e. The van der Waals surface area contributed by atoms with Crippen LogP contribution in [-0.2, 0) is 4.79 Å². The average Bonchev–Trinajstić information content (AvgIpc) is 3.02. The van der Waals surface area contributed by atoms with Crippen LogP contribution in [0.2, 0.25) is 0 Å². The van der Waals surface area contributed by atoms with Crippen molar-refractivity contribution in [2.75, 3.05) is 0 Å². The summed E-state index contributed by atoms with van der Waals surface area (Å²) in [7, 11) is 0. The molecule has 1 aliphatic rings. The lowest BCUT2D eigenvalue weighted by atomic mass is 10.4. The maximum absolute atomic E-state index is 10.2. The van der Waals surface area contributed by atoms with Gasteiger partial charge in [0.25, 0.3) is 0 Å². The zero-order valence-corrected chi connectivity index (χ0v) is 10.7. The van der Waals surface area contributed by atoms with E-state index in [1.165, 1.54) is 9.75 Å². The van der Waals surface area contributed by atoms with Gasteiger partial charge in [0.05, 0.1) is 0 Å². The molecule has 1 aliphatic carbocycles. The standard InChI is InChI=1S/C8H6S2.C5H8O/c1-3-7(9-5-1)8-4-2-6-10-8;6-5-3-1-2-4-5/h1-6H;1-4H2. The molecule has 3 heteroatoms. The third kappa shape index (κ3) is 3.29. The number of carbonyl (C=O) groups excluding carboxylic acids is 1. The van der Waals surface area contributed by atoms with Crippen LogP contribution < -0.4 is 0 Å². The minimum Gasteiger partial charge on any atom is -0.300 e. The van der Waals surface area contributed by atoms with E-state index in [0.717, 1.165) is 25.7 Å². The number of hydrogen-bond acceptors (Lipinski definition) is 3. The summed E-state index contributed by atoms with van der Waals surface area (Å²) in [5.74, 6) is 0.454. The van der Waals surface area contributed by atoms with Gasteiger partial charge in [-0.15, -0.1) is 22.7 Å². The molecule has 1 nitrogen and oxygen atoms in total. The van der Waals surface area contributed by atoms with Crippen molar-refractivity contribution in [2.24, 2.45) is 0 Å². The van der Waals surface area contributed by atoms with Crippen LogP contribution in [0.1, 0.15) is 25.7 Å². The lowest BCUT2D eigenvalue weighted by Gasteiger charge is -1.84. The van der Waals surface area contributed by atoms with E-state index in [2.05, 4.69) is 35.0 Å². The monoisotopic (exact) mass is 250 g/mol. The molecule has 2 heterocycles. The van der Waals surface area contributed by atoms with Crippen molar-refractivity contribution in [3.8, 4) is 9.75 Å². The van der Waals surface area contributed by atoms with E-state index in [4.69, 9.17) is 0 Å². The molecule has 0 atom stereocenters. The van der Waals surface area contributed by atoms with E-state index < -0.39 is 0 Å². The van der Waals surface area contributed by atoms with Gasteiger partial charge in [0, 0.05) is 22.6 Å². The predicted octanol–water partition coefficient (Wildman–Crippen LogP) is 4.61. The molecule has 0 saturated heterocycles. The van der Waals surface area contributed by atoms with Crippen LogP contribution in [0.5, 0.6) is 0 Å². The molecule has 16 heavy (non-hydrogen) atoms. The number of Topliss-reactive ketones (excluding diaryl/α,β-unsaturated/α-hetero) is 1. The molecule has 0 radical (unpaired) electrons. The van der Waals surface area contributed by atoms with Gasteiger partial charge < -0.3 is 0 Å². The van der Waals surface area contributed by atoms with E-state index in [1.807, 2.05) is 0 Å². The Morgan fingerprint density at radius 3 is 1.62 bits per heavy atom. The summed E-state index contributed by atoms with van der Waals surface area (Å²) >= 11 is 3.58. The normalized spacial score (nSPS) is 14.6. The molecule has 0 amide bonds. The first-order valence-electron chi connectivity index (χ1n) is 5.45. The molecule has 0 spiro atoms. The summed E-state index contributed by atoms with van der Waals surface area (Å²) in [5.41, 5.74) is 0. The SMILES string of the molecule is O=C1CCCC1.c1csc(-c2cccs2)c1. The van der Waals surface area contributed by atoms with Crippen molar-refractivity contribution >= 4 is 28.5 Å². The highest BCUT2D eigenvalue weighted by Crippen LogP contribution is 2.28. The molecule has 84 valence electrons. The first-order valence-corrected chi connectivity index (χ1v) is 7.21.